The topological polar surface area (TPSA) is 0 Å². The second-order valence-electron chi connectivity index (χ2n) is 7.26. The van der Waals surface area contributed by atoms with Gasteiger partial charge in [-0.05, 0) is 88.6 Å². The maximum atomic E-state index is 13.7. The Hall–Kier alpha value is -2.75. The molecule has 2 aromatic heterocycles. The molecule has 28 heavy (non-hydrogen) atoms. The van der Waals surface area contributed by atoms with Gasteiger partial charge >= 0.3 is 0 Å². The Labute approximate surface area is 169 Å². The van der Waals surface area contributed by atoms with E-state index in [0.29, 0.717) is 0 Å². The first-order chi connectivity index (χ1) is 13.6. The van der Waals surface area contributed by atoms with Crippen molar-refractivity contribution in [2.45, 2.75) is 6.92 Å². The lowest BCUT2D eigenvalue weighted by atomic mass is 10.0. The summed E-state index contributed by atoms with van der Waals surface area (Å²) in [6.07, 6.45) is 0. The van der Waals surface area contributed by atoms with Crippen LogP contribution in [0, 0.1) is 12.7 Å². The molecule has 0 unspecified atom stereocenters. The summed E-state index contributed by atoms with van der Waals surface area (Å²) >= 11 is 3.64. The standard InChI is InChI=1S/C25H15FS2/c1-14-2-7-23(27-14)17-4-3-15-10-21-22-11-19-9-20(26)6-5-16(19)12-24(22)28-25(21)13-18(15)8-17/h2-13H,1H3. The SMILES string of the molecule is Cc1ccc(-c2ccc3cc4c(cc3c2)sc2cc3ccc(F)cc3cc24)s1. The molecule has 0 amide bonds. The Bertz CT molecular complexity index is 1530. The van der Waals surface area contributed by atoms with E-state index in [1.54, 1.807) is 6.07 Å². The van der Waals surface area contributed by atoms with Crippen LogP contribution in [0.15, 0.2) is 72.8 Å². The van der Waals surface area contributed by atoms with Crippen molar-refractivity contribution in [2.75, 3.05) is 0 Å². The molecule has 0 aliphatic rings. The number of thiophene rings is 2. The van der Waals surface area contributed by atoms with Crippen molar-refractivity contribution in [3.63, 3.8) is 0 Å². The van der Waals surface area contributed by atoms with E-state index in [4.69, 9.17) is 0 Å². The van der Waals surface area contributed by atoms with Crippen LogP contribution in [0.25, 0.3) is 52.2 Å². The first-order valence-electron chi connectivity index (χ1n) is 9.20. The fourth-order valence-corrected chi connectivity index (χ4v) is 6.01. The van der Waals surface area contributed by atoms with Crippen LogP contribution in [-0.4, -0.2) is 0 Å². The smallest absolute Gasteiger partial charge is 0.123 e. The van der Waals surface area contributed by atoms with Gasteiger partial charge in [0.25, 0.3) is 0 Å². The Morgan fingerprint density at radius 2 is 1.29 bits per heavy atom. The Morgan fingerprint density at radius 3 is 2.07 bits per heavy atom. The summed E-state index contributed by atoms with van der Waals surface area (Å²) in [7, 11) is 0. The lowest BCUT2D eigenvalue weighted by molar-refractivity contribution is 0.630. The first kappa shape index (κ1) is 16.2. The van der Waals surface area contributed by atoms with Crippen LogP contribution >= 0.6 is 22.7 Å². The summed E-state index contributed by atoms with van der Waals surface area (Å²) in [6.45, 7) is 2.14. The molecule has 0 aliphatic carbocycles. The summed E-state index contributed by atoms with van der Waals surface area (Å²) < 4.78 is 16.2. The molecule has 6 aromatic rings. The molecule has 0 fully saturated rings. The van der Waals surface area contributed by atoms with Crippen molar-refractivity contribution in [3.8, 4) is 10.4 Å². The van der Waals surface area contributed by atoms with E-state index < -0.39 is 0 Å². The molecule has 0 bridgehead atoms. The van der Waals surface area contributed by atoms with Crippen LogP contribution < -0.4 is 0 Å². The van der Waals surface area contributed by atoms with Crippen LogP contribution in [0.5, 0.6) is 0 Å². The van der Waals surface area contributed by atoms with Crippen molar-refractivity contribution in [1.82, 2.24) is 0 Å². The fraction of sp³-hybridized carbons (Fsp3) is 0.0400. The molecule has 4 aromatic carbocycles. The zero-order chi connectivity index (χ0) is 18.8. The maximum absolute atomic E-state index is 13.7. The lowest BCUT2D eigenvalue weighted by Gasteiger charge is -2.03. The van der Waals surface area contributed by atoms with Crippen LogP contribution in [0.3, 0.4) is 0 Å². The molecule has 0 saturated heterocycles. The highest BCUT2D eigenvalue weighted by molar-refractivity contribution is 7.26. The largest absolute Gasteiger partial charge is 0.207 e. The van der Waals surface area contributed by atoms with Crippen LogP contribution in [0.4, 0.5) is 4.39 Å². The van der Waals surface area contributed by atoms with E-state index in [1.807, 2.05) is 28.7 Å². The molecule has 134 valence electrons. The normalized spacial score (nSPS) is 11.9. The van der Waals surface area contributed by atoms with Gasteiger partial charge in [0.2, 0.25) is 0 Å². The molecule has 2 heterocycles. The number of benzene rings is 4. The third-order valence-corrected chi connectivity index (χ3v) is 7.54. The van der Waals surface area contributed by atoms with Gasteiger partial charge in [-0.25, -0.2) is 4.39 Å². The Balaban J connectivity index is 1.62. The van der Waals surface area contributed by atoms with E-state index in [-0.39, 0.29) is 5.82 Å². The average Bonchev–Trinajstić information content (AvgIpc) is 3.27. The predicted octanol–water partition coefficient (Wildman–Crippen LogP) is 8.54. The van der Waals surface area contributed by atoms with Gasteiger partial charge in [-0.3, -0.25) is 0 Å². The minimum Gasteiger partial charge on any atom is -0.207 e. The zero-order valence-electron chi connectivity index (χ0n) is 15.1. The fourth-order valence-electron chi connectivity index (χ4n) is 3.98. The second-order valence-corrected chi connectivity index (χ2v) is 9.63. The molecule has 0 N–H and O–H groups in total. The van der Waals surface area contributed by atoms with Crippen molar-refractivity contribution in [3.05, 3.63) is 83.5 Å². The molecule has 0 atom stereocenters. The molecule has 0 nitrogen and oxygen atoms in total. The van der Waals surface area contributed by atoms with Crippen LogP contribution in [-0.2, 0) is 0 Å². The number of rotatable bonds is 1. The summed E-state index contributed by atoms with van der Waals surface area (Å²) in [4.78, 5) is 2.64. The van der Waals surface area contributed by atoms with Gasteiger partial charge in [0.15, 0.2) is 0 Å². The second kappa shape index (κ2) is 5.87. The molecule has 0 aliphatic heterocycles. The molecule has 0 radical (unpaired) electrons. The summed E-state index contributed by atoms with van der Waals surface area (Å²) in [5, 5.41) is 6.99. The molecule has 3 heteroatoms. The highest BCUT2D eigenvalue weighted by Gasteiger charge is 2.10. The third kappa shape index (κ3) is 2.47. The quantitative estimate of drug-likeness (QED) is 0.260. The van der Waals surface area contributed by atoms with E-state index in [1.165, 1.54) is 52.3 Å². The van der Waals surface area contributed by atoms with Gasteiger partial charge in [0.1, 0.15) is 5.82 Å². The highest BCUT2D eigenvalue weighted by Crippen LogP contribution is 2.39. The predicted molar refractivity (Wildman–Crippen MR) is 122 cm³/mol. The minimum atomic E-state index is -0.187. The van der Waals surface area contributed by atoms with Gasteiger partial charge in [-0.15, -0.1) is 22.7 Å². The van der Waals surface area contributed by atoms with Gasteiger partial charge in [0, 0.05) is 29.9 Å². The molecular weight excluding hydrogens is 383 g/mol. The van der Waals surface area contributed by atoms with Gasteiger partial charge in [-0.2, -0.15) is 0 Å². The van der Waals surface area contributed by atoms with Gasteiger partial charge in [-0.1, -0.05) is 18.2 Å². The Morgan fingerprint density at radius 1 is 0.607 bits per heavy atom. The zero-order valence-corrected chi connectivity index (χ0v) is 16.8. The highest BCUT2D eigenvalue weighted by atomic mass is 32.1. The van der Waals surface area contributed by atoms with E-state index in [9.17, 15) is 4.39 Å². The minimum absolute atomic E-state index is 0.187. The first-order valence-corrected chi connectivity index (χ1v) is 10.8. The van der Waals surface area contributed by atoms with Gasteiger partial charge < -0.3 is 0 Å². The number of aryl methyl sites for hydroxylation is 1. The number of hydrogen-bond donors (Lipinski definition) is 0. The summed E-state index contributed by atoms with van der Waals surface area (Å²) in [6, 6.07) is 25.0. The van der Waals surface area contributed by atoms with E-state index >= 15 is 0 Å². The maximum Gasteiger partial charge on any atom is 0.123 e. The average molecular weight is 399 g/mol. The van der Waals surface area contributed by atoms with Crippen molar-refractivity contribution >= 4 is 64.4 Å². The van der Waals surface area contributed by atoms with Crippen molar-refractivity contribution in [2.24, 2.45) is 0 Å². The van der Waals surface area contributed by atoms with E-state index in [2.05, 4.69) is 61.5 Å². The number of hydrogen-bond acceptors (Lipinski definition) is 2. The van der Waals surface area contributed by atoms with Crippen molar-refractivity contribution in [1.29, 1.82) is 0 Å². The van der Waals surface area contributed by atoms with Crippen LogP contribution in [0.1, 0.15) is 4.88 Å². The van der Waals surface area contributed by atoms with E-state index in [0.717, 1.165) is 10.8 Å². The summed E-state index contributed by atoms with van der Waals surface area (Å²) in [5.74, 6) is -0.187. The molecule has 6 rings (SSSR count). The van der Waals surface area contributed by atoms with Crippen LogP contribution in [0.2, 0.25) is 0 Å². The third-order valence-electron chi connectivity index (χ3n) is 5.37. The molecule has 0 saturated carbocycles. The summed E-state index contributed by atoms with van der Waals surface area (Å²) in [5.41, 5.74) is 1.27. The lowest BCUT2D eigenvalue weighted by Crippen LogP contribution is -1.78. The van der Waals surface area contributed by atoms with Crippen molar-refractivity contribution < 1.29 is 4.39 Å². The Kier molecular flexibility index (Phi) is 3.40. The monoisotopic (exact) mass is 398 g/mol. The number of halogens is 1. The molecular formula is C25H15FS2. The molecule has 0 spiro atoms. The van der Waals surface area contributed by atoms with Gasteiger partial charge in [0.05, 0.1) is 0 Å². The number of fused-ring (bicyclic) bond motifs is 5.